The Kier molecular flexibility index (Phi) is 2.81. The molecular formula is C9H9Cl2NO2. The van der Waals surface area contributed by atoms with Crippen LogP contribution in [0.5, 0.6) is 5.75 Å². The van der Waals surface area contributed by atoms with Crippen molar-refractivity contribution in [1.82, 2.24) is 4.98 Å². The van der Waals surface area contributed by atoms with Gasteiger partial charge in [-0.15, -0.1) is 11.6 Å². The van der Waals surface area contributed by atoms with Crippen molar-refractivity contribution >= 4 is 23.2 Å². The second kappa shape index (κ2) is 3.93. The van der Waals surface area contributed by atoms with Crippen molar-refractivity contribution in [3.8, 4) is 5.75 Å². The van der Waals surface area contributed by atoms with Gasteiger partial charge in [0.25, 0.3) is 0 Å². The summed E-state index contributed by atoms with van der Waals surface area (Å²) in [5.41, 5.74) is 1.74. The standard InChI is InChI=1S/C9H9Cl2NO2/c1-13-8-2-5-6(10)3-14-4-7(5)12-9(8)11/h2,6H,3-4H2,1H3. The average molecular weight is 234 g/mol. The summed E-state index contributed by atoms with van der Waals surface area (Å²) in [5.74, 6) is 0.554. The lowest BCUT2D eigenvalue weighted by Crippen LogP contribution is -2.14. The van der Waals surface area contributed by atoms with Crippen molar-refractivity contribution < 1.29 is 9.47 Å². The number of pyridine rings is 1. The number of ether oxygens (including phenoxy) is 2. The lowest BCUT2D eigenvalue weighted by molar-refractivity contribution is 0.104. The third-order valence-electron chi connectivity index (χ3n) is 2.12. The predicted octanol–water partition coefficient (Wildman–Crippen LogP) is 2.55. The van der Waals surface area contributed by atoms with Gasteiger partial charge in [-0.05, 0) is 6.07 Å². The third kappa shape index (κ3) is 1.67. The Balaban J connectivity index is 2.49. The molecule has 0 amide bonds. The maximum absolute atomic E-state index is 6.06. The van der Waals surface area contributed by atoms with E-state index >= 15 is 0 Å². The van der Waals surface area contributed by atoms with Crippen LogP contribution in [0, 0.1) is 0 Å². The first kappa shape index (κ1) is 10.0. The van der Waals surface area contributed by atoms with Crippen LogP contribution < -0.4 is 4.74 Å². The number of halogens is 2. The van der Waals surface area contributed by atoms with E-state index in [9.17, 15) is 0 Å². The molecule has 0 radical (unpaired) electrons. The summed E-state index contributed by atoms with van der Waals surface area (Å²) >= 11 is 11.9. The van der Waals surface area contributed by atoms with Gasteiger partial charge in [0.1, 0.15) is 0 Å². The van der Waals surface area contributed by atoms with Gasteiger partial charge in [-0.25, -0.2) is 4.98 Å². The number of hydrogen-bond acceptors (Lipinski definition) is 3. The first-order valence-electron chi connectivity index (χ1n) is 4.17. The highest BCUT2D eigenvalue weighted by molar-refractivity contribution is 6.31. The number of aromatic nitrogens is 1. The average Bonchev–Trinajstić information content (AvgIpc) is 2.17. The van der Waals surface area contributed by atoms with Gasteiger partial charge in [0.15, 0.2) is 10.9 Å². The summed E-state index contributed by atoms with van der Waals surface area (Å²) in [7, 11) is 1.55. The van der Waals surface area contributed by atoms with Gasteiger partial charge in [-0.1, -0.05) is 11.6 Å². The Morgan fingerprint density at radius 3 is 3.14 bits per heavy atom. The molecule has 0 spiro atoms. The highest BCUT2D eigenvalue weighted by Crippen LogP contribution is 2.34. The van der Waals surface area contributed by atoms with Gasteiger partial charge in [0.05, 0.1) is 31.4 Å². The smallest absolute Gasteiger partial charge is 0.171 e. The summed E-state index contributed by atoms with van der Waals surface area (Å²) in [6.07, 6.45) is 0. The molecule has 3 nitrogen and oxygen atoms in total. The van der Waals surface area contributed by atoms with E-state index in [1.54, 1.807) is 7.11 Å². The molecular weight excluding hydrogens is 225 g/mol. The second-order valence-electron chi connectivity index (χ2n) is 3.00. The van der Waals surface area contributed by atoms with Crippen molar-refractivity contribution in [3.63, 3.8) is 0 Å². The molecule has 0 aromatic carbocycles. The number of hydrogen-bond donors (Lipinski definition) is 0. The molecule has 2 heterocycles. The number of fused-ring (bicyclic) bond motifs is 1. The molecule has 0 fully saturated rings. The Morgan fingerprint density at radius 1 is 1.64 bits per heavy atom. The first-order chi connectivity index (χ1) is 6.72. The molecule has 1 aromatic rings. The fourth-order valence-corrected chi connectivity index (χ4v) is 1.91. The fraction of sp³-hybridized carbons (Fsp3) is 0.444. The van der Waals surface area contributed by atoms with E-state index in [4.69, 9.17) is 32.7 Å². The topological polar surface area (TPSA) is 31.4 Å². The van der Waals surface area contributed by atoms with Crippen molar-refractivity contribution in [2.45, 2.75) is 12.0 Å². The van der Waals surface area contributed by atoms with E-state index in [0.29, 0.717) is 24.1 Å². The quantitative estimate of drug-likeness (QED) is 0.552. The van der Waals surface area contributed by atoms with Crippen molar-refractivity contribution in [2.75, 3.05) is 13.7 Å². The van der Waals surface area contributed by atoms with Crippen LogP contribution in [-0.2, 0) is 11.3 Å². The molecule has 0 N–H and O–H groups in total. The summed E-state index contributed by atoms with van der Waals surface area (Å²) < 4.78 is 10.3. The largest absolute Gasteiger partial charge is 0.494 e. The molecule has 0 bridgehead atoms. The molecule has 5 heteroatoms. The van der Waals surface area contributed by atoms with Gasteiger partial charge >= 0.3 is 0 Å². The second-order valence-corrected chi connectivity index (χ2v) is 3.88. The van der Waals surface area contributed by atoms with Crippen molar-refractivity contribution in [2.24, 2.45) is 0 Å². The Bertz CT molecular complexity index is 357. The van der Waals surface area contributed by atoms with Gasteiger partial charge in [0.2, 0.25) is 0 Å². The van der Waals surface area contributed by atoms with Crippen LogP contribution in [0.1, 0.15) is 16.6 Å². The molecule has 14 heavy (non-hydrogen) atoms. The van der Waals surface area contributed by atoms with Gasteiger partial charge in [0, 0.05) is 5.56 Å². The van der Waals surface area contributed by atoms with E-state index in [1.165, 1.54) is 0 Å². The molecule has 1 unspecified atom stereocenters. The van der Waals surface area contributed by atoms with E-state index in [0.717, 1.165) is 11.3 Å². The SMILES string of the molecule is COc1cc2c(nc1Cl)COCC2Cl. The van der Waals surface area contributed by atoms with Gasteiger partial charge in [-0.3, -0.25) is 0 Å². The number of alkyl halides is 1. The van der Waals surface area contributed by atoms with E-state index in [-0.39, 0.29) is 5.38 Å². The van der Waals surface area contributed by atoms with Crippen LogP contribution in [0.2, 0.25) is 5.15 Å². The highest BCUT2D eigenvalue weighted by Gasteiger charge is 2.22. The minimum Gasteiger partial charge on any atom is -0.494 e. The minimum atomic E-state index is -0.169. The van der Waals surface area contributed by atoms with Crippen LogP contribution in [0.4, 0.5) is 0 Å². The predicted molar refractivity (Wildman–Crippen MR) is 54.0 cm³/mol. The third-order valence-corrected chi connectivity index (χ3v) is 2.75. The minimum absolute atomic E-state index is 0.169. The zero-order chi connectivity index (χ0) is 10.1. The van der Waals surface area contributed by atoms with E-state index < -0.39 is 0 Å². The molecule has 1 aliphatic heterocycles. The Hall–Kier alpha value is -0.510. The first-order valence-corrected chi connectivity index (χ1v) is 4.99. The lowest BCUT2D eigenvalue weighted by Gasteiger charge is -2.21. The molecule has 0 saturated heterocycles. The van der Waals surface area contributed by atoms with E-state index in [2.05, 4.69) is 4.98 Å². The summed E-state index contributed by atoms with van der Waals surface area (Å²) in [6, 6.07) is 1.82. The summed E-state index contributed by atoms with van der Waals surface area (Å²) in [5, 5.41) is 0.179. The van der Waals surface area contributed by atoms with Crippen molar-refractivity contribution in [3.05, 3.63) is 22.5 Å². The maximum atomic E-state index is 6.06. The summed E-state index contributed by atoms with van der Waals surface area (Å²) in [4.78, 5) is 4.17. The molecule has 2 rings (SSSR count). The molecule has 1 aliphatic rings. The molecule has 0 saturated carbocycles. The highest BCUT2D eigenvalue weighted by atomic mass is 35.5. The normalized spacial score (nSPS) is 20.4. The monoisotopic (exact) mass is 233 g/mol. The molecule has 0 aliphatic carbocycles. The number of rotatable bonds is 1. The van der Waals surface area contributed by atoms with Gasteiger partial charge in [-0.2, -0.15) is 0 Å². The van der Waals surface area contributed by atoms with Crippen LogP contribution >= 0.6 is 23.2 Å². The molecule has 1 atom stereocenters. The maximum Gasteiger partial charge on any atom is 0.171 e. The Morgan fingerprint density at radius 2 is 2.43 bits per heavy atom. The number of nitrogens with zero attached hydrogens (tertiary/aromatic N) is 1. The van der Waals surface area contributed by atoms with Crippen LogP contribution in [0.25, 0.3) is 0 Å². The van der Waals surface area contributed by atoms with E-state index in [1.807, 2.05) is 6.07 Å². The van der Waals surface area contributed by atoms with Crippen LogP contribution in [0.15, 0.2) is 6.07 Å². The summed E-state index contributed by atoms with van der Waals surface area (Å²) in [6.45, 7) is 0.962. The molecule has 76 valence electrons. The van der Waals surface area contributed by atoms with Crippen LogP contribution in [0.3, 0.4) is 0 Å². The van der Waals surface area contributed by atoms with Crippen LogP contribution in [-0.4, -0.2) is 18.7 Å². The van der Waals surface area contributed by atoms with Gasteiger partial charge < -0.3 is 9.47 Å². The van der Waals surface area contributed by atoms with Crippen molar-refractivity contribution in [1.29, 1.82) is 0 Å². The fourth-order valence-electron chi connectivity index (χ4n) is 1.40. The zero-order valence-corrected chi connectivity index (χ0v) is 9.10. The Labute approximate surface area is 91.9 Å². The zero-order valence-electron chi connectivity index (χ0n) is 7.59. The lowest BCUT2D eigenvalue weighted by atomic mass is 10.1. The molecule has 1 aromatic heterocycles. The number of methoxy groups -OCH3 is 1.